The van der Waals surface area contributed by atoms with Crippen LogP contribution >= 0.6 is 0 Å². The number of hydrogen-bond donors (Lipinski definition) is 2. The molecule has 2 N–H and O–H groups in total. The van der Waals surface area contributed by atoms with Crippen molar-refractivity contribution in [3.8, 4) is 5.75 Å². The van der Waals surface area contributed by atoms with Gasteiger partial charge < -0.3 is 20.3 Å². The average Bonchev–Trinajstić information content (AvgIpc) is 3.29. The highest BCUT2D eigenvalue weighted by Gasteiger charge is 2.25. The van der Waals surface area contributed by atoms with Crippen molar-refractivity contribution in [3.05, 3.63) is 24.3 Å². The highest BCUT2D eigenvalue weighted by atomic mass is 16.5. The van der Waals surface area contributed by atoms with Crippen molar-refractivity contribution in [2.24, 2.45) is 0 Å². The van der Waals surface area contributed by atoms with E-state index in [0.717, 1.165) is 30.6 Å². The van der Waals surface area contributed by atoms with E-state index in [1.807, 2.05) is 24.3 Å². The Balaban J connectivity index is 1.61. The van der Waals surface area contributed by atoms with Crippen LogP contribution in [0, 0.1) is 0 Å². The number of amides is 1. The third-order valence-electron chi connectivity index (χ3n) is 3.47. The van der Waals surface area contributed by atoms with Crippen LogP contribution in [0.15, 0.2) is 24.3 Å². The van der Waals surface area contributed by atoms with E-state index in [-0.39, 0.29) is 5.91 Å². The maximum Gasteiger partial charge on any atom is 0.238 e. The summed E-state index contributed by atoms with van der Waals surface area (Å²) in [6, 6.07) is 8.08. The smallest absolute Gasteiger partial charge is 0.238 e. The molecule has 0 unspecified atom stereocenters. The third kappa shape index (κ3) is 4.83. The molecule has 20 heavy (non-hydrogen) atoms. The van der Waals surface area contributed by atoms with E-state index in [0.29, 0.717) is 6.54 Å². The number of rotatable bonds is 8. The fourth-order valence-corrected chi connectivity index (χ4v) is 2.03. The molecule has 1 fully saturated rings. The first-order valence-electron chi connectivity index (χ1n) is 7.04. The van der Waals surface area contributed by atoms with Crippen molar-refractivity contribution in [1.82, 2.24) is 10.2 Å². The number of benzene rings is 1. The van der Waals surface area contributed by atoms with Crippen LogP contribution in [0.1, 0.15) is 12.8 Å². The van der Waals surface area contributed by atoms with Gasteiger partial charge in [-0.3, -0.25) is 4.79 Å². The van der Waals surface area contributed by atoms with Gasteiger partial charge in [-0.1, -0.05) is 0 Å². The van der Waals surface area contributed by atoms with Crippen molar-refractivity contribution in [2.75, 3.05) is 39.1 Å². The standard InChI is InChI=1S/C15H23N3O2/c1-18(13-5-6-13)10-9-16-11-15(19)17-12-3-7-14(20-2)8-4-12/h3-4,7-8,13,16H,5-6,9-11H2,1-2H3,(H,17,19). The number of methoxy groups -OCH3 is 1. The lowest BCUT2D eigenvalue weighted by atomic mass is 10.3. The summed E-state index contributed by atoms with van der Waals surface area (Å²) >= 11 is 0. The lowest BCUT2D eigenvalue weighted by Gasteiger charge is -2.15. The van der Waals surface area contributed by atoms with Crippen LogP contribution in [-0.2, 0) is 4.79 Å². The molecule has 0 aliphatic heterocycles. The van der Waals surface area contributed by atoms with E-state index in [9.17, 15) is 4.79 Å². The predicted octanol–water partition coefficient (Wildman–Crippen LogP) is 1.32. The second kappa shape index (κ2) is 7.26. The van der Waals surface area contributed by atoms with Gasteiger partial charge in [0, 0.05) is 24.8 Å². The zero-order chi connectivity index (χ0) is 14.4. The van der Waals surface area contributed by atoms with Crippen molar-refractivity contribution in [1.29, 1.82) is 0 Å². The Morgan fingerprint density at radius 2 is 2.05 bits per heavy atom. The number of carbonyl (C=O) groups is 1. The molecule has 1 aliphatic rings. The first-order chi connectivity index (χ1) is 9.69. The molecule has 2 rings (SSSR count). The number of hydrogen-bond acceptors (Lipinski definition) is 4. The van der Waals surface area contributed by atoms with Crippen LogP contribution in [0.2, 0.25) is 0 Å². The van der Waals surface area contributed by atoms with Gasteiger partial charge in [0.2, 0.25) is 5.91 Å². The summed E-state index contributed by atoms with van der Waals surface area (Å²) in [5.41, 5.74) is 0.785. The molecule has 1 aromatic rings. The van der Waals surface area contributed by atoms with Gasteiger partial charge in [-0.25, -0.2) is 0 Å². The summed E-state index contributed by atoms with van der Waals surface area (Å²) in [5.74, 6) is 0.758. The molecule has 5 heteroatoms. The van der Waals surface area contributed by atoms with E-state index in [1.54, 1.807) is 7.11 Å². The van der Waals surface area contributed by atoms with Gasteiger partial charge in [-0.05, 0) is 44.2 Å². The molecule has 1 aromatic carbocycles. The largest absolute Gasteiger partial charge is 0.497 e. The molecule has 1 saturated carbocycles. The van der Waals surface area contributed by atoms with Crippen LogP contribution in [0.3, 0.4) is 0 Å². The molecule has 5 nitrogen and oxygen atoms in total. The normalized spacial score (nSPS) is 14.3. The summed E-state index contributed by atoms with van der Waals surface area (Å²) in [6.45, 7) is 2.16. The Hall–Kier alpha value is -1.59. The Morgan fingerprint density at radius 3 is 2.65 bits per heavy atom. The van der Waals surface area contributed by atoms with E-state index in [2.05, 4.69) is 22.6 Å². The molecule has 0 atom stereocenters. The molecule has 0 spiro atoms. The number of likely N-dealkylation sites (N-methyl/N-ethyl adjacent to an activating group) is 1. The minimum Gasteiger partial charge on any atom is -0.497 e. The first kappa shape index (κ1) is 14.8. The van der Waals surface area contributed by atoms with Crippen molar-refractivity contribution < 1.29 is 9.53 Å². The molecule has 1 amide bonds. The van der Waals surface area contributed by atoms with Crippen LogP contribution in [0.25, 0.3) is 0 Å². The molecule has 0 saturated heterocycles. The van der Waals surface area contributed by atoms with Gasteiger partial charge in [0.15, 0.2) is 0 Å². The zero-order valence-corrected chi connectivity index (χ0v) is 12.2. The molecule has 1 aliphatic carbocycles. The lowest BCUT2D eigenvalue weighted by Crippen LogP contribution is -2.35. The third-order valence-corrected chi connectivity index (χ3v) is 3.47. The molecule has 0 aromatic heterocycles. The predicted molar refractivity (Wildman–Crippen MR) is 80.1 cm³/mol. The maximum absolute atomic E-state index is 11.7. The highest BCUT2D eigenvalue weighted by molar-refractivity contribution is 5.92. The van der Waals surface area contributed by atoms with E-state index < -0.39 is 0 Å². The molecule has 0 bridgehead atoms. The summed E-state index contributed by atoms with van der Waals surface area (Å²) in [7, 11) is 3.76. The molecular formula is C15H23N3O2. The number of anilines is 1. The SMILES string of the molecule is COc1ccc(NC(=O)CNCCN(C)C2CC2)cc1. The molecule has 0 radical (unpaired) electrons. The van der Waals surface area contributed by atoms with Crippen LogP contribution in [0.5, 0.6) is 5.75 Å². The molecule has 110 valence electrons. The first-order valence-corrected chi connectivity index (χ1v) is 7.04. The highest BCUT2D eigenvalue weighted by Crippen LogP contribution is 2.24. The Bertz CT molecular complexity index is 429. The molecule has 0 heterocycles. The lowest BCUT2D eigenvalue weighted by molar-refractivity contribution is -0.115. The van der Waals surface area contributed by atoms with E-state index in [4.69, 9.17) is 4.74 Å². The fraction of sp³-hybridized carbons (Fsp3) is 0.533. The van der Waals surface area contributed by atoms with Gasteiger partial charge in [0.05, 0.1) is 13.7 Å². The van der Waals surface area contributed by atoms with Gasteiger partial charge in [-0.2, -0.15) is 0 Å². The van der Waals surface area contributed by atoms with Gasteiger partial charge in [0.25, 0.3) is 0 Å². The van der Waals surface area contributed by atoms with Crippen LogP contribution in [0.4, 0.5) is 5.69 Å². The molecular weight excluding hydrogens is 254 g/mol. The van der Waals surface area contributed by atoms with Crippen molar-refractivity contribution in [3.63, 3.8) is 0 Å². The average molecular weight is 277 g/mol. The minimum atomic E-state index is -0.0239. The Morgan fingerprint density at radius 1 is 1.35 bits per heavy atom. The van der Waals surface area contributed by atoms with Crippen LogP contribution < -0.4 is 15.4 Å². The monoisotopic (exact) mass is 277 g/mol. The Labute approximate surface area is 120 Å². The zero-order valence-electron chi connectivity index (χ0n) is 12.2. The van der Waals surface area contributed by atoms with Gasteiger partial charge in [-0.15, -0.1) is 0 Å². The van der Waals surface area contributed by atoms with Crippen molar-refractivity contribution >= 4 is 11.6 Å². The summed E-state index contributed by atoms with van der Waals surface area (Å²) in [6.07, 6.45) is 2.63. The second-order valence-electron chi connectivity index (χ2n) is 5.17. The Kier molecular flexibility index (Phi) is 5.38. The second-order valence-corrected chi connectivity index (χ2v) is 5.17. The van der Waals surface area contributed by atoms with Gasteiger partial charge >= 0.3 is 0 Å². The topological polar surface area (TPSA) is 53.6 Å². The number of carbonyl (C=O) groups excluding carboxylic acids is 1. The van der Waals surface area contributed by atoms with E-state index >= 15 is 0 Å². The summed E-state index contributed by atoms with van der Waals surface area (Å²) < 4.78 is 5.07. The maximum atomic E-state index is 11.7. The quantitative estimate of drug-likeness (QED) is 0.704. The summed E-state index contributed by atoms with van der Waals surface area (Å²) in [4.78, 5) is 14.1. The summed E-state index contributed by atoms with van der Waals surface area (Å²) in [5, 5.41) is 6.01. The van der Waals surface area contributed by atoms with Crippen molar-refractivity contribution in [2.45, 2.75) is 18.9 Å². The number of nitrogens with one attached hydrogen (secondary N) is 2. The number of nitrogens with zero attached hydrogens (tertiary/aromatic N) is 1. The van der Waals surface area contributed by atoms with E-state index in [1.165, 1.54) is 12.8 Å². The fourth-order valence-electron chi connectivity index (χ4n) is 2.03. The van der Waals surface area contributed by atoms with Gasteiger partial charge in [0.1, 0.15) is 5.75 Å². The van der Waals surface area contributed by atoms with Crippen LogP contribution in [-0.4, -0.2) is 50.6 Å². The number of ether oxygens (including phenoxy) is 1. The minimum absolute atomic E-state index is 0.0239.